The van der Waals surface area contributed by atoms with Crippen molar-refractivity contribution in [2.75, 3.05) is 0 Å². The highest BCUT2D eigenvalue weighted by Gasteiger charge is 2.43. The van der Waals surface area contributed by atoms with E-state index < -0.39 is 0 Å². The lowest BCUT2D eigenvalue weighted by Crippen LogP contribution is -2.40. The van der Waals surface area contributed by atoms with Crippen LogP contribution in [-0.4, -0.2) is 0 Å². The fourth-order valence-electron chi connectivity index (χ4n) is 8.72. The van der Waals surface area contributed by atoms with Crippen molar-refractivity contribution in [2.45, 2.75) is 130 Å². The fourth-order valence-corrected chi connectivity index (χ4v) is 8.72. The highest BCUT2D eigenvalue weighted by molar-refractivity contribution is 4.93. The van der Waals surface area contributed by atoms with Crippen molar-refractivity contribution < 1.29 is 0 Å². The normalized spacial score (nSPS) is 41.5. The van der Waals surface area contributed by atoms with E-state index in [2.05, 4.69) is 20.8 Å². The average Bonchev–Trinajstić information content (AvgIpc) is 2.77. The van der Waals surface area contributed by atoms with Gasteiger partial charge in [0.15, 0.2) is 0 Å². The smallest absolute Gasteiger partial charge is 0.0355 e. The zero-order chi connectivity index (χ0) is 20.2. The molecule has 0 spiro atoms. The van der Waals surface area contributed by atoms with Crippen LogP contribution in [-0.2, 0) is 0 Å². The first-order valence-electron chi connectivity index (χ1n) is 14.1. The van der Waals surface area contributed by atoms with Gasteiger partial charge in [0.05, 0.1) is 0 Å². The van der Waals surface area contributed by atoms with Gasteiger partial charge in [0, 0.05) is 0 Å². The maximum Gasteiger partial charge on any atom is -0.0355 e. The Labute approximate surface area is 183 Å². The predicted octanol–water partition coefficient (Wildman–Crippen LogP) is 9.28. The number of rotatable bonds is 6. The maximum absolute atomic E-state index is 2.68. The monoisotopic (exact) mass is 400 g/mol. The first-order chi connectivity index (χ1) is 14.1. The maximum atomic E-state index is 2.68. The molecule has 0 N–H and O–H groups in total. The van der Waals surface area contributed by atoms with E-state index in [-0.39, 0.29) is 0 Å². The second-order valence-electron chi connectivity index (χ2n) is 12.6. The van der Waals surface area contributed by atoms with E-state index in [1.54, 1.807) is 38.5 Å². The van der Waals surface area contributed by atoms with Crippen LogP contribution in [0.25, 0.3) is 0 Å². The molecule has 4 fully saturated rings. The molecule has 0 aliphatic heterocycles. The van der Waals surface area contributed by atoms with E-state index >= 15 is 0 Å². The Hall–Kier alpha value is 0. The Balaban J connectivity index is 1.34. The number of fused-ring (bicyclic) bond motifs is 1. The molecule has 0 amide bonds. The van der Waals surface area contributed by atoms with Crippen molar-refractivity contribution in [1.82, 2.24) is 0 Å². The van der Waals surface area contributed by atoms with Gasteiger partial charge >= 0.3 is 0 Å². The van der Waals surface area contributed by atoms with Gasteiger partial charge in [0.1, 0.15) is 0 Å². The third-order valence-electron chi connectivity index (χ3n) is 10.6. The van der Waals surface area contributed by atoms with Crippen molar-refractivity contribution in [2.24, 2.45) is 53.3 Å². The van der Waals surface area contributed by atoms with Gasteiger partial charge in [-0.3, -0.25) is 0 Å². The van der Waals surface area contributed by atoms with Crippen molar-refractivity contribution in [3.63, 3.8) is 0 Å². The Kier molecular flexibility index (Phi) is 8.07. The summed E-state index contributed by atoms with van der Waals surface area (Å²) < 4.78 is 0. The molecule has 0 radical (unpaired) electrons. The Morgan fingerprint density at radius 3 is 2.07 bits per heavy atom. The van der Waals surface area contributed by atoms with Crippen molar-refractivity contribution in [1.29, 1.82) is 0 Å². The summed E-state index contributed by atoms with van der Waals surface area (Å²) >= 11 is 0. The summed E-state index contributed by atoms with van der Waals surface area (Å²) in [5.74, 6) is 9.45. The lowest BCUT2D eigenvalue weighted by molar-refractivity contribution is 0.00704. The Bertz CT molecular complexity index is 474. The van der Waals surface area contributed by atoms with Crippen molar-refractivity contribution in [3.8, 4) is 0 Å². The molecule has 4 aliphatic carbocycles. The van der Waals surface area contributed by atoms with Gasteiger partial charge in [-0.05, 0) is 78.9 Å². The first kappa shape index (κ1) is 22.2. The summed E-state index contributed by atoms with van der Waals surface area (Å²) in [7, 11) is 0. The molecule has 0 aromatic rings. The number of hydrogen-bond acceptors (Lipinski definition) is 0. The van der Waals surface area contributed by atoms with E-state index in [0.717, 1.165) is 53.3 Å². The van der Waals surface area contributed by atoms with Crippen LogP contribution in [0.4, 0.5) is 0 Å². The zero-order valence-electron chi connectivity index (χ0n) is 20.2. The van der Waals surface area contributed by atoms with Gasteiger partial charge in [-0.2, -0.15) is 0 Å². The van der Waals surface area contributed by atoms with E-state index in [1.807, 2.05) is 0 Å². The lowest BCUT2D eigenvalue weighted by atomic mass is 9.56. The summed E-state index contributed by atoms with van der Waals surface area (Å²) in [6.07, 6.45) is 26.3. The average molecular weight is 401 g/mol. The van der Waals surface area contributed by atoms with E-state index in [0.29, 0.717) is 0 Å². The molecule has 0 bridgehead atoms. The van der Waals surface area contributed by atoms with Crippen LogP contribution < -0.4 is 0 Å². The molecule has 8 atom stereocenters. The fraction of sp³-hybridized carbons (Fsp3) is 1.00. The second kappa shape index (κ2) is 10.5. The Morgan fingerprint density at radius 2 is 1.28 bits per heavy atom. The minimum Gasteiger partial charge on any atom is -0.0625 e. The van der Waals surface area contributed by atoms with Crippen LogP contribution in [0.15, 0.2) is 0 Å². The van der Waals surface area contributed by atoms with Crippen LogP contribution in [0.2, 0.25) is 0 Å². The third-order valence-corrected chi connectivity index (χ3v) is 10.6. The molecule has 0 aromatic carbocycles. The lowest BCUT2D eigenvalue weighted by Gasteiger charge is -2.49. The number of hydrogen-bond donors (Lipinski definition) is 0. The second-order valence-corrected chi connectivity index (χ2v) is 12.6. The SMILES string of the molecule is CC1CCCC(C(C)CCC(C)C2CC(C3CCCCC3)CC3CCCCC32)C1. The first-order valence-corrected chi connectivity index (χ1v) is 14.1. The summed E-state index contributed by atoms with van der Waals surface area (Å²) in [6, 6.07) is 0. The molecule has 8 unspecified atom stereocenters. The van der Waals surface area contributed by atoms with Crippen LogP contribution in [0, 0.1) is 53.3 Å². The van der Waals surface area contributed by atoms with Gasteiger partial charge < -0.3 is 0 Å². The van der Waals surface area contributed by atoms with Crippen LogP contribution >= 0.6 is 0 Å². The Morgan fingerprint density at radius 1 is 0.586 bits per heavy atom. The van der Waals surface area contributed by atoms with Crippen molar-refractivity contribution >= 4 is 0 Å². The summed E-state index contributed by atoms with van der Waals surface area (Å²) in [5, 5.41) is 0. The van der Waals surface area contributed by atoms with Gasteiger partial charge in [-0.25, -0.2) is 0 Å². The quantitative estimate of drug-likeness (QED) is 0.416. The molecule has 0 aromatic heterocycles. The van der Waals surface area contributed by atoms with E-state index in [1.165, 1.54) is 70.6 Å². The van der Waals surface area contributed by atoms with E-state index in [9.17, 15) is 0 Å². The van der Waals surface area contributed by atoms with Gasteiger partial charge in [0.25, 0.3) is 0 Å². The predicted molar refractivity (Wildman–Crippen MR) is 127 cm³/mol. The minimum absolute atomic E-state index is 0.972. The summed E-state index contributed by atoms with van der Waals surface area (Å²) in [4.78, 5) is 0. The van der Waals surface area contributed by atoms with Crippen LogP contribution in [0.3, 0.4) is 0 Å². The highest BCUT2D eigenvalue weighted by atomic mass is 14.5. The molecule has 4 aliphatic rings. The minimum atomic E-state index is 0.972. The van der Waals surface area contributed by atoms with Gasteiger partial charge in [-0.15, -0.1) is 0 Å². The molecule has 0 saturated heterocycles. The summed E-state index contributed by atoms with van der Waals surface area (Å²) in [5.41, 5.74) is 0. The van der Waals surface area contributed by atoms with Crippen molar-refractivity contribution in [3.05, 3.63) is 0 Å². The summed E-state index contributed by atoms with van der Waals surface area (Å²) in [6.45, 7) is 7.78. The standard InChI is InChI=1S/C29H52/c1-21-10-9-14-25(18-21)22(2)16-17-23(3)29-20-27(24-11-5-4-6-12-24)19-26-13-7-8-15-28(26)29/h21-29H,4-20H2,1-3H3. The topological polar surface area (TPSA) is 0 Å². The molecule has 0 heteroatoms. The molecule has 4 rings (SSSR count). The van der Waals surface area contributed by atoms with Gasteiger partial charge in [0.2, 0.25) is 0 Å². The molecular formula is C29H52. The third kappa shape index (κ3) is 5.63. The molecular weight excluding hydrogens is 348 g/mol. The van der Waals surface area contributed by atoms with E-state index in [4.69, 9.17) is 0 Å². The molecule has 0 heterocycles. The molecule has 4 saturated carbocycles. The highest BCUT2D eigenvalue weighted by Crippen LogP contribution is 2.52. The largest absolute Gasteiger partial charge is 0.0625 e. The molecule has 29 heavy (non-hydrogen) atoms. The zero-order valence-corrected chi connectivity index (χ0v) is 20.2. The van der Waals surface area contributed by atoms with Crippen LogP contribution in [0.1, 0.15) is 130 Å². The van der Waals surface area contributed by atoms with Gasteiger partial charge in [-0.1, -0.05) is 104 Å². The molecule has 168 valence electrons. The molecule has 0 nitrogen and oxygen atoms in total. The van der Waals surface area contributed by atoms with Crippen LogP contribution in [0.5, 0.6) is 0 Å².